The molecule has 1 saturated heterocycles. The van der Waals surface area contributed by atoms with Gasteiger partial charge >= 0.3 is 0 Å². The van der Waals surface area contributed by atoms with E-state index in [2.05, 4.69) is 16.7 Å². The fraction of sp³-hybridized carbons (Fsp3) is 0.300. The van der Waals surface area contributed by atoms with Crippen LogP contribution in [0.5, 0.6) is 0 Å². The summed E-state index contributed by atoms with van der Waals surface area (Å²) in [4.78, 5) is 0. The number of nitrogens with one attached hydrogen (secondary N) is 2. The normalized spacial score (nSPS) is 17.3. The Balaban J connectivity index is 1.65. The Labute approximate surface area is 164 Å². The molecule has 0 amide bonds. The van der Waals surface area contributed by atoms with E-state index in [4.69, 9.17) is 28.6 Å². The SMILES string of the molecule is N#C[C@H](c1ccccc1)c1ccc(NC(=S)NC[C@@H]2CCCO2)cc1Cl. The van der Waals surface area contributed by atoms with Gasteiger partial charge in [-0.3, -0.25) is 0 Å². The fourth-order valence-corrected chi connectivity index (χ4v) is 3.49. The number of thiocarbonyl (C=S) groups is 1. The van der Waals surface area contributed by atoms with Crippen molar-refractivity contribution in [3.8, 4) is 6.07 Å². The van der Waals surface area contributed by atoms with Gasteiger partial charge in [-0.1, -0.05) is 48.0 Å². The number of anilines is 1. The van der Waals surface area contributed by atoms with Crippen LogP contribution in [0.15, 0.2) is 48.5 Å². The first-order valence-corrected chi connectivity index (χ1v) is 9.36. The van der Waals surface area contributed by atoms with Crippen LogP contribution in [0.4, 0.5) is 5.69 Å². The lowest BCUT2D eigenvalue weighted by molar-refractivity contribution is 0.114. The lowest BCUT2D eigenvalue weighted by Gasteiger charge is -2.16. The number of rotatable bonds is 5. The number of hydrogen-bond donors (Lipinski definition) is 2. The molecule has 134 valence electrons. The molecule has 2 aromatic carbocycles. The highest BCUT2D eigenvalue weighted by molar-refractivity contribution is 7.80. The average Bonchev–Trinajstić information content (AvgIpc) is 3.17. The van der Waals surface area contributed by atoms with Crippen molar-refractivity contribution < 1.29 is 4.74 Å². The number of ether oxygens (including phenoxy) is 1. The van der Waals surface area contributed by atoms with Gasteiger partial charge in [0.05, 0.1) is 18.1 Å². The second kappa shape index (κ2) is 9.00. The lowest BCUT2D eigenvalue weighted by Crippen LogP contribution is -2.34. The smallest absolute Gasteiger partial charge is 0.170 e. The minimum absolute atomic E-state index is 0.225. The topological polar surface area (TPSA) is 57.1 Å². The summed E-state index contributed by atoms with van der Waals surface area (Å²) >= 11 is 11.8. The van der Waals surface area contributed by atoms with Gasteiger partial charge in [0.1, 0.15) is 0 Å². The molecule has 1 aliphatic heterocycles. The third-order valence-electron chi connectivity index (χ3n) is 4.35. The van der Waals surface area contributed by atoms with Crippen molar-refractivity contribution in [3.05, 3.63) is 64.7 Å². The van der Waals surface area contributed by atoms with Gasteiger partial charge in [-0.2, -0.15) is 5.26 Å². The molecule has 0 spiro atoms. The van der Waals surface area contributed by atoms with E-state index in [0.717, 1.165) is 36.3 Å². The number of hydrogen-bond acceptors (Lipinski definition) is 3. The molecule has 2 atom stereocenters. The summed E-state index contributed by atoms with van der Waals surface area (Å²) in [5, 5.41) is 16.9. The van der Waals surface area contributed by atoms with Crippen molar-refractivity contribution in [1.82, 2.24) is 5.32 Å². The minimum atomic E-state index is -0.401. The Hall–Kier alpha value is -2.13. The van der Waals surface area contributed by atoms with E-state index in [9.17, 15) is 5.26 Å². The van der Waals surface area contributed by atoms with E-state index >= 15 is 0 Å². The highest BCUT2D eigenvalue weighted by Gasteiger charge is 2.17. The van der Waals surface area contributed by atoms with Crippen molar-refractivity contribution in [3.63, 3.8) is 0 Å². The first-order chi connectivity index (χ1) is 12.7. The van der Waals surface area contributed by atoms with Crippen LogP contribution in [-0.4, -0.2) is 24.4 Å². The Morgan fingerprint density at radius 2 is 2.12 bits per heavy atom. The average molecular weight is 386 g/mol. The van der Waals surface area contributed by atoms with E-state index in [0.29, 0.717) is 16.7 Å². The van der Waals surface area contributed by atoms with Crippen LogP contribution in [0.2, 0.25) is 5.02 Å². The summed E-state index contributed by atoms with van der Waals surface area (Å²) in [5.74, 6) is -0.401. The number of nitrogens with zero attached hydrogens (tertiary/aromatic N) is 1. The summed E-state index contributed by atoms with van der Waals surface area (Å²) in [7, 11) is 0. The van der Waals surface area contributed by atoms with Crippen molar-refractivity contribution in [2.45, 2.75) is 24.9 Å². The number of benzene rings is 2. The molecule has 6 heteroatoms. The maximum atomic E-state index is 9.58. The van der Waals surface area contributed by atoms with Gasteiger partial charge in [-0.05, 0) is 48.3 Å². The first kappa shape index (κ1) is 18.7. The zero-order valence-corrected chi connectivity index (χ0v) is 15.8. The third kappa shape index (κ3) is 4.73. The molecule has 26 heavy (non-hydrogen) atoms. The summed E-state index contributed by atoms with van der Waals surface area (Å²) in [6.45, 7) is 1.52. The third-order valence-corrected chi connectivity index (χ3v) is 4.92. The molecule has 0 bridgehead atoms. The highest BCUT2D eigenvalue weighted by Crippen LogP contribution is 2.31. The highest BCUT2D eigenvalue weighted by atomic mass is 35.5. The Kier molecular flexibility index (Phi) is 6.45. The number of halogens is 1. The van der Waals surface area contributed by atoms with Gasteiger partial charge in [-0.15, -0.1) is 0 Å². The van der Waals surface area contributed by atoms with E-state index in [1.54, 1.807) is 6.07 Å². The van der Waals surface area contributed by atoms with E-state index in [1.165, 1.54) is 0 Å². The fourth-order valence-electron chi connectivity index (χ4n) is 3.00. The van der Waals surface area contributed by atoms with Crippen LogP contribution >= 0.6 is 23.8 Å². The quantitative estimate of drug-likeness (QED) is 0.744. The molecule has 1 aliphatic rings. The van der Waals surface area contributed by atoms with Crippen LogP contribution in [0.3, 0.4) is 0 Å². The summed E-state index contributed by atoms with van der Waals surface area (Å²) in [6, 6.07) is 17.5. The van der Waals surface area contributed by atoms with Crippen molar-refractivity contribution in [2.24, 2.45) is 0 Å². The van der Waals surface area contributed by atoms with Crippen LogP contribution in [0, 0.1) is 11.3 Å². The molecule has 0 radical (unpaired) electrons. The predicted octanol–water partition coefficient (Wildman–Crippen LogP) is 4.46. The molecule has 2 N–H and O–H groups in total. The van der Waals surface area contributed by atoms with Crippen molar-refractivity contribution in [1.29, 1.82) is 5.26 Å². The van der Waals surface area contributed by atoms with Crippen LogP contribution in [-0.2, 0) is 4.74 Å². The van der Waals surface area contributed by atoms with Crippen molar-refractivity contribution in [2.75, 3.05) is 18.5 Å². The van der Waals surface area contributed by atoms with Gasteiger partial charge < -0.3 is 15.4 Å². The predicted molar refractivity (Wildman–Crippen MR) is 109 cm³/mol. The monoisotopic (exact) mass is 385 g/mol. The molecule has 3 rings (SSSR count). The zero-order valence-electron chi connectivity index (χ0n) is 14.2. The zero-order chi connectivity index (χ0) is 18.4. The van der Waals surface area contributed by atoms with Gasteiger partial charge in [0.25, 0.3) is 0 Å². The summed E-state index contributed by atoms with van der Waals surface area (Å²) in [5.41, 5.74) is 2.49. The Bertz CT molecular complexity index is 800. The molecule has 0 aliphatic carbocycles. The van der Waals surface area contributed by atoms with Gasteiger partial charge in [-0.25, -0.2) is 0 Å². The Morgan fingerprint density at radius 3 is 2.77 bits per heavy atom. The van der Waals surface area contributed by atoms with Gasteiger partial charge in [0, 0.05) is 23.9 Å². The largest absolute Gasteiger partial charge is 0.376 e. The van der Waals surface area contributed by atoms with Crippen LogP contribution in [0.25, 0.3) is 0 Å². The Morgan fingerprint density at radius 1 is 1.31 bits per heavy atom. The second-order valence-corrected chi connectivity index (χ2v) is 6.99. The van der Waals surface area contributed by atoms with Crippen LogP contribution < -0.4 is 10.6 Å². The summed E-state index contributed by atoms with van der Waals surface area (Å²) < 4.78 is 5.57. The maximum Gasteiger partial charge on any atom is 0.170 e. The molecule has 1 heterocycles. The number of nitriles is 1. The molecule has 4 nitrogen and oxygen atoms in total. The molecule has 2 aromatic rings. The maximum absolute atomic E-state index is 9.58. The van der Waals surface area contributed by atoms with E-state index in [-0.39, 0.29) is 6.10 Å². The van der Waals surface area contributed by atoms with Gasteiger partial charge in [0.2, 0.25) is 0 Å². The second-order valence-electron chi connectivity index (χ2n) is 6.18. The molecule has 0 aromatic heterocycles. The lowest BCUT2D eigenvalue weighted by atomic mass is 9.92. The molecule has 0 unspecified atom stereocenters. The van der Waals surface area contributed by atoms with E-state index in [1.807, 2.05) is 42.5 Å². The standard InChI is InChI=1S/C20H20ClN3OS/c21-19-11-15(24-20(26)23-13-16-7-4-10-25-16)8-9-17(19)18(12-22)14-5-2-1-3-6-14/h1-3,5-6,8-9,11,16,18H,4,7,10,13H2,(H2,23,24,26)/t16-,18+/m0/s1. The molecular formula is C20H20ClN3OS. The van der Waals surface area contributed by atoms with Crippen molar-refractivity contribution >= 4 is 34.6 Å². The summed E-state index contributed by atoms with van der Waals surface area (Å²) in [6.07, 6.45) is 2.39. The first-order valence-electron chi connectivity index (χ1n) is 8.58. The van der Waals surface area contributed by atoms with Crippen LogP contribution in [0.1, 0.15) is 29.9 Å². The molecule has 0 saturated carbocycles. The molecular weight excluding hydrogens is 366 g/mol. The minimum Gasteiger partial charge on any atom is -0.376 e. The molecule has 1 fully saturated rings. The van der Waals surface area contributed by atoms with Gasteiger partial charge in [0.15, 0.2) is 5.11 Å². The van der Waals surface area contributed by atoms with E-state index < -0.39 is 5.92 Å².